The lowest BCUT2D eigenvalue weighted by molar-refractivity contribution is 0.679. The Balaban J connectivity index is 1.83. The molecule has 0 aliphatic rings. The smallest absolute Gasteiger partial charge is 0.0542 e. The van der Waals surface area contributed by atoms with Gasteiger partial charge in [0, 0.05) is 43.5 Å². The summed E-state index contributed by atoms with van der Waals surface area (Å²) < 4.78 is 1.01. The minimum absolute atomic E-state index is 0.780. The van der Waals surface area contributed by atoms with Crippen LogP contribution in [0.4, 0.5) is 5.69 Å². The van der Waals surface area contributed by atoms with E-state index in [-0.39, 0.29) is 0 Å². The van der Waals surface area contributed by atoms with E-state index in [0.717, 1.165) is 23.3 Å². The molecule has 0 aliphatic heterocycles. The second kappa shape index (κ2) is 6.68. The van der Waals surface area contributed by atoms with Gasteiger partial charge in [0.05, 0.1) is 5.69 Å². The van der Waals surface area contributed by atoms with Gasteiger partial charge >= 0.3 is 0 Å². The summed E-state index contributed by atoms with van der Waals surface area (Å²) in [4.78, 5) is 6.43. The number of nitrogens with zero attached hydrogens (tertiary/aromatic N) is 2. The monoisotopic (exact) mass is 319 g/mol. The largest absolute Gasteiger partial charge is 0.378 e. The Hall–Kier alpha value is -1.39. The number of nitrogens with one attached hydrogen (secondary N) is 1. The molecule has 1 aromatic carbocycles. The molecule has 0 bridgehead atoms. The second-order valence-corrected chi connectivity index (χ2v) is 5.55. The zero-order chi connectivity index (χ0) is 13.7. The van der Waals surface area contributed by atoms with Crippen molar-refractivity contribution in [2.24, 2.45) is 0 Å². The van der Waals surface area contributed by atoms with Gasteiger partial charge in [-0.1, -0.05) is 12.1 Å². The standard InChI is InChI=1S/C15H18BrN3/c1-19(2)15-7-3-12(4-8-15)9-17-11-14-6-5-13(16)10-18-14/h3-8,10,17H,9,11H2,1-2H3. The fourth-order valence-electron chi connectivity index (χ4n) is 1.76. The topological polar surface area (TPSA) is 28.2 Å². The van der Waals surface area contributed by atoms with Gasteiger partial charge in [-0.3, -0.25) is 4.98 Å². The van der Waals surface area contributed by atoms with E-state index in [1.807, 2.05) is 32.4 Å². The highest BCUT2D eigenvalue weighted by atomic mass is 79.9. The molecule has 0 radical (unpaired) electrons. The van der Waals surface area contributed by atoms with Gasteiger partial charge in [0.25, 0.3) is 0 Å². The highest BCUT2D eigenvalue weighted by Gasteiger charge is 1.97. The summed E-state index contributed by atoms with van der Waals surface area (Å²) in [6.07, 6.45) is 1.82. The van der Waals surface area contributed by atoms with Crippen molar-refractivity contribution in [3.8, 4) is 0 Å². The first-order valence-electron chi connectivity index (χ1n) is 6.22. The molecule has 3 nitrogen and oxygen atoms in total. The summed E-state index contributed by atoms with van der Waals surface area (Å²) in [5.74, 6) is 0. The van der Waals surface area contributed by atoms with E-state index in [1.165, 1.54) is 11.3 Å². The van der Waals surface area contributed by atoms with Crippen LogP contribution in [0.3, 0.4) is 0 Å². The number of anilines is 1. The maximum absolute atomic E-state index is 4.33. The fourth-order valence-corrected chi connectivity index (χ4v) is 1.99. The predicted octanol–water partition coefficient (Wildman–Crippen LogP) is 3.20. The van der Waals surface area contributed by atoms with Crippen molar-refractivity contribution in [3.63, 3.8) is 0 Å². The van der Waals surface area contributed by atoms with Crippen molar-refractivity contribution in [2.45, 2.75) is 13.1 Å². The summed E-state index contributed by atoms with van der Waals surface area (Å²) in [6, 6.07) is 12.6. The number of rotatable bonds is 5. The lowest BCUT2D eigenvalue weighted by Gasteiger charge is -2.12. The summed E-state index contributed by atoms with van der Waals surface area (Å²) in [5, 5.41) is 3.39. The molecular weight excluding hydrogens is 302 g/mol. The maximum atomic E-state index is 4.33. The lowest BCUT2D eigenvalue weighted by Crippen LogP contribution is -2.14. The third-order valence-corrected chi connectivity index (χ3v) is 3.35. The Morgan fingerprint density at radius 3 is 2.37 bits per heavy atom. The fraction of sp³-hybridized carbons (Fsp3) is 0.267. The van der Waals surface area contributed by atoms with Crippen molar-refractivity contribution in [3.05, 3.63) is 58.3 Å². The number of hydrogen-bond donors (Lipinski definition) is 1. The Morgan fingerprint density at radius 1 is 1.05 bits per heavy atom. The molecule has 0 saturated heterocycles. The van der Waals surface area contributed by atoms with Crippen molar-refractivity contribution < 1.29 is 0 Å². The highest BCUT2D eigenvalue weighted by molar-refractivity contribution is 9.10. The van der Waals surface area contributed by atoms with Crippen LogP contribution in [-0.2, 0) is 13.1 Å². The van der Waals surface area contributed by atoms with Crippen LogP contribution in [0.5, 0.6) is 0 Å². The number of aromatic nitrogens is 1. The second-order valence-electron chi connectivity index (χ2n) is 4.63. The number of benzene rings is 1. The van der Waals surface area contributed by atoms with Gasteiger partial charge in [-0.15, -0.1) is 0 Å². The molecule has 0 spiro atoms. The molecule has 0 fully saturated rings. The molecule has 1 N–H and O–H groups in total. The van der Waals surface area contributed by atoms with Gasteiger partial charge in [0.2, 0.25) is 0 Å². The number of halogens is 1. The highest BCUT2D eigenvalue weighted by Crippen LogP contribution is 2.12. The van der Waals surface area contributed by atoms with E-state index < -0.39 is 0 Å². The van der Waals surface area contributed by atoms with Crippen LogP contribution < -0.4 is 10.2 Å². The van der Waals surface area contributed by atoms with E-state index in [1.54, 1.807) is 0 Å². The van der Waals surface area contributed by atoms with E-state index >= 15 is 0 Å². The van der Waals surface area contributed by atoms with E-state index in [4.69, 9.17) is 0 Å². The lowest BCUT2D eigenvalue weighted by atomic mass is 10.2. The van der Waals surface area contributed by atoms with E-state index in [2.05, 4.69) is 55.4 Å². The van der Waals surface area contributed by atoms with Crippen LogP contribution in [0.1, 0.15) is 11.3 Å². The average Bonchev–Trinajstić information content (AvgIpc) is 2.41. The molecule has 1 aromatic heterocycles. The van der Waals surface area contributed by atoms with Crippen molar-refractivity contribution in [2.75, 3.05) is 19.0 Å². The molecule has 0 aliphatic carbocycles. The number of pyridine rings is 1. The van der Waals surface area contributed by atoms with Gasteiger partial charge in [0.1, 0.15) is 0 Å². The zero-order valence-electron chi connectivity index (χ0n) is 11.2. The SMILES string of the molecule is CN(C)c1ccc(CNCc2ccc(Br)cn2)cc1. The molecule has 4 heteroatoms. The van der Waals surface area contributed by atoms with Crippen LogP contribution in [0, 0.1) is 0 Å². The van der Waals surface area contributed by atoms with Crippen molar-refractivity contribution >= 4 is 21.6 Å². The quantitative estimate of drug-likeness (QED) is 0.917. The van der Waals surface area contributed by atoms with Gasteiger partial charge in [-0.25, -0.2) is 0 Å². The van der Waals surface area contributed by atoms with Gasteiger partial charge in [-0.05, 0) is 45.8 Å². The van der Waals surface area contributed by atoms with Crippen LogP contribution in [-0.4, -0.2) is 19.1 Å². The molecule has 0 saturated carbocycles. The third kappa shape index (κ3) is 4.33. The summed E-state index contributed by atoms with van der Waals surface area (Å²) in [6.45, 7) is 1.63. The third-order valence-electron chi connectivity index (χ3n) is 2.88. The number of hydrogen-bond acceptors (Lipinski definition) is 3. The molecule has 0 unspecified atom stereocenters. The Morgan fingerprint density at radius 2 is 1.79 bits per heavy atom. The van der Waals surface area contributed by atoms with E-state index in [9.17, 15) is 0 Å². The van der Waals surface area contributed by atoms with Crippen LogP contribution in [0.2, 0.25) is 0 Å². The van der Waals surface area contributed by atoms with E-state index in [0.29, 0.717) is 0 Å². The molecule has 100 valence electrons. The Kier molecular flexibility index (Phi) is 4.93. The summed E-state index contributed by atoms with van der Waals surface area (Å²) >= 11 is 3.38. The zero-order valence-corrected chi connectivity index (χ0v) is 12.8. The maximum Gasteiger partial charge on any atom is 0.0542 e. The summed E-state index contributed by atoms with van der Waals surface area (Å²) in [7, 11) is 4.10. The van der Waals surface area contributed by atoms with Crippen LogP contribution in [0.25, 0.3) is 0 Å². The molecule has 2 aromatic rings. The molecule has 2 rings (SSSR count). The molecular formula is C15H18BrN3. The van der Waals surface area contributed by atoms with Crippen molar-refractivity contribution in [1.82, 2.24) is 10.3 Å². The summed E-state index contributed by atoms with van der Waals surface area (Å²) in [5.41, 5.74) is 3.55. The average molecular weight is 320 g/mol. The minimum atomic E-state index is 0.780. The normalized spacial score (nSPS) is 10.5. The van der Waals surface area contributed by atoms with Crippen molar-refractivity contribution in [1.29, 1.82) is 0 Å². The van der Waals surface area contributed by atoms with Crippen LogP contribution in [0.15, 0.2) is 47.1 Å². The van der Waals surface area contributed by atoms with Gasteiger partial charge < -0.3 is 10.2 Å². The molecule has 19 heavy (non-hydrogen) atoms. The first-order valence-corrected chi connectivity index (χ1v) is 7.02. The Labute approximate surface area is 122 Å². The van der Waals surface area contributed by atoms with Gasteiger partial charge in [-0.2, -0.15) is 0 Å². The van der Waals surface area contributed by atoms with Crippen LogP contribution >= 0.6 is 15.9 Å². The molecule has 1 heterocycles. The minimum Gasteiger partial charge on any atom is -0.378 e. The Bertz CT molecular complexity index is 506. The molecule has 0 amide bonds. The van der Waals surface area contributed by atoms with Gasteiger partial charge in [0.15, 0.2) is 0 Å². The predicted molar refractivity (Wildman–Crippen MR) is 83.2 cm³/mol. The first kappa shape index (κ1) is 14.0. The first-order chi connectivity index (χ1) is 9.15. The molecule has 0 atom stereocenters.